The van der Waals surface area contributed by atoms with Gasteiger partial charge in [-0.25, -0.2) is 4.39 Å². The van der Waals surface area contributed by atoms with Gasteiger partial charge in [0.05, 0.1) is 17.1 Å². The first-order valence-corrected chi connectivity index (χ1v) is 6.39. The molecule has 0 aliphatic heterocycles. The van der Waals surface area contributed by atoms with Gasteiger partial charge in [-0.15, -0.1) is 0 Å². The summed E-state index contributed by atoms with van der Waals surface area (Å²) in [5, 5.41) is 13.5. The van der Waals surface area contributed by atoms with E-state index < -0.39 is 10.7 Å². The van der Waals surface area contributed by atoms with E-state index in [1.807, 2.05) is 12.1 Å². The Morgan fingerprint density at radius 3 is 2.57 bits per heavy atom. The summed E-state index contributed by atoms with van der Waals surface area (Å²) in [5.41, 5.74) is 0.688. The molecule has 0 aliphatic carbocycles. The predicted octanol–water partition coefficient (Wildman–Crippen LogP) is 4.01. The maximum Gasteiger partial charge on any atom is 0.294 e. The monoisotopic (exact) mass is 310 g/mol. The topological polar surface area (TPSA) is 64.4 Å². The Morgan fingerprint density at radius 2 is 2.00 bits per heavy atom. The Balaban J connectivity index is 2.18. The lowest BCUT2D eigenvalue weighted by molar-refractivity contribution is -0.384. The number of rotatable bonds is 5. The van der Waals surface area contributed by atoms with Crippen LogP contribution in [0, 0.1) is 15.9 Å². The second-order valence-corrected chi connectivity index (χ2v) is 4.65. The Bertz CT molecular complexity index is 662. The largest absolute Gasteiger partial charge is 0.497 e. The molecule has 0 fully saturated rings. The molecule has 0 atom stereocenters. The van der Waals surface area contributed by atoms with Gasteiger partial charge in [0.2, 0.25) is 0 Å². The van der Waals surface area contributed by atoms with Crippen molar-refractivity contribution in [2.75, 3.05) is 12.4 Å². The van der Waals surface area contributed by atoms with Crippen molar-refractivity contribution in [1.82, 2.24) is 0 Å². The molecule has 0 aliphatic rings. The van der Waals surface area contributed by atoms with Gasteiger partial charge in [0.15, 0.2) is 0 Å². The molecule has 5 nitrogen and oxygen atoms in total. The smallest absolute Gasteiger partial charge is 0.294 e. The molecule has 1 N–H and O–H groups in total. The zero-order valence-corrected chi connectivity index (χ0v) is 11.9. The van der Waals surface area contributed by atoms with Crippen molar-refractivity contribution in [1.29, 1.82) is 0 Å². The number of benzene rings is 2. The second kappa shape index (κ2) is 6.41. The van der Waals surface area contributed by atoms with E-state index in [4.69, 9.17) is 16.3 Å². The quantitative estimate of drug-likeness (QED) is 0.669. The highest BCUT2D eigenvalue weighted by Crippen LogP contribution is 2.30. The minimum Gasteiger partial charge on any atom is -0.497 e. The van der Waals surface area contributed by atoms with E-state index >= 15 is 0 Å². The third kappa shape index (κ3) is 3.61. The zero-order chi connectivity index (χ0) is 15.4. The lowest BCUT2D eigenvalue weighted by atomic mass is 10.2. The van der Waals surface area contributed by atoms with Crippen LogP contribution in [0.3, 0.4) is 0 Å². The van der Waals surface area contributed by atoms with Crippen LogP contribution in [0.4, 0.5) is 15.8 Å². The number of anilines is 1. The van der Waals surface area contributed by atoms with Crippen molar-refractivity contribution in [3.8, 4) is 5.75 Å². The number of hydrogen-bond donors (Lipinski definition) is 1. The van der Waals surface area contributed by atoms with Crippen LogP contribution < -0.4 is 10.1 Å². The summed E-state index contributed by atoms with van der Waals surface area (Å²) in [6, 6.07) is 9.17. The third-order valence-corrected chi connectivity index (χ3v) is 3.17. The molecule has 110 valence electrons. The number of hydrogen-bond acceptors (Lipinski definition) is 4. The summed E-state index contributed by atoms with van der Waals surface area (Å²) < 4.78 is 18.5. The van der Waals surface area contributed by atoms with Gasteiger partial charge in [0.25, 0.3) is 5.69 Å². The maximum atomic E-state index is 13.4. The standard InChI is InChI=1S/C14H12ClFN2O3/c1-21-10-4-2-9(3-5-10)8-17-13-7-12(16)11(15)6-14(13)18(19)20/h2-7,17H,8H2,1H3. The van der Waals surface area contributed by atoms with Crippen LogP contribution in [0.2, 0.25) is 5.02 Å². The van der Waals surface area contributed by atoms with Gasteiger partial charge in [-0.1, -0.05) is 23.7 Å². The maximum absolute atomic E-state index is 13.4. The van der Waals surface area contributed by atoms with Gasteiger partial charge in [-0.05, 0) is 17.7 Å². The Morgan fingerprint density at radius 1 is 1.33 bits per heavy atom. The predicted molar refractivity (Wildman–Crippen MR) is 78.4 cm³/mol. The van der Waals surface area contributed by atoms with Crippen LogP contribution in [0.15, 0.2) is 36.4 Å². The molecule has 2 rings (SSSR count). The van der Waals surface area contributed by atoms with Crippen LogP contribution in [0.25, 0.3) is 0 Å². The molecule has 0 unspecified atom stereocenters. The fourth-order valence-electron chi connectivity index (χ4n) is 1.77. The van der Waals surface area contributed by atoms with E-state index in [2.05, 4.69) is 5.32 Å². The van der Waals surface area contributed by atoms with Gasteiger partial charge >= 0.3 is 0 Å². The number of halogens is 2. The minimum absolute atomic E-state index is 0.0812. The van der Waals surface area contributed by atoms with Gasteiger partial charge in [0.1, 0.15) is 17.3 Å². The lowest BCUT2D eigenvalue weighted by Gasteiger charge is -2.09. The average Bonchev–Trinajstić information content (AvgIpc) is 2.48. The molecule has 2 aromatic rings. The summed E-state index contributed by atoms with van der Waals surface area (Å²) in [5.74, 6) is 0.00163. The van der Waals surface area contributed by atoms with Crippen molar-refractivity contribution >= 4 is 23.0 Å². The first-order valence-electron chi connectivity index (χ1n) is 6.01. The zero-order valence-electron chi connectivity index (χ0n) is 11.1. The molecule has 7 heteroatoms. The van der Waals surface area contributed by atoms with E-state index in [1.165, 1.54) is 0 Å². The molecule has 0 heterocycles. The Kier molecular flexibility index (Phi) is 4.59. The first-order chi connectivity index (χ1) is 10.0. The Hall–Kier alpha value is -2.34. The van der Waals surface area contributed by atoms with E-state index in [-0.39, 0.29) is 16.4 Å². The molecule has 0 spiro atoms. The average molecular weight is 311 g/mol. The molecular weight excluding hydrogens is 299 g/mol. The first kappa shape index (κ1) is 15.1. The van der Waals surface area contributed by atoms with Crippen LogP contribution in [-0.2, 0) is 6.54 Å². The van der Waals surface area contributed by atoms with E-state index in [0.717, 1.165) is 17.7 Å². The van der Waals surface area contributed by atoms with E-state index in [1.54, 1.807) is 19.2 Å². The van der Waals surface area contributed by atoms with Crippen LogP contribution >= 0.6 is 11.6 Å². The number of nitrogens with one attached hydrogen (secondary N) is 1. The van der Waals surface area contributed by atoms with E-state index in [0.29, 0.717) is 12.3 Å². The van der Waals surface area contributed by atoms with Crippen molar-refractivity contribution in [3.63, 3.8) is 0 Å². The van der Waals surface area contributed by atoms with Gasteiger partial charge in [-0.2, -0.15) is 0 Å². The molecule has 2 aromatic carbocycles. The fourth-order valence-corrected chi connectivity index (χ4v) is 1.93. The highest BCUT2D eigenvalue weighted by Gasteiger charge is 2.17. The van der Waals surface area contributed by atoms with Crippen LogP contribution in [-0.4, -0.2) is 12.0 Å². The van der Waals surface area contributed by atoms with Crippen molar-refractivity contribution in [2.45, 2.75) is 6.54 Å². The number of ether oxygens (including phenoxy) is 1. The summed E-state index contributed by atoms with van der Waals surface area (Å²) in [4.78, 5) is 10.3. The normalized spacial score (nSPS) is 10.2. The minimum atomic E-state index is -0.709. The number of nitro benzene ring substituents is 1. The van der Waals surface area contributed by atoms with Crippen molar-refractivity contribution in [2.24, 2.45) is 0 Å². The molecule has 0 aromatic heterocycles. The Labute approximate surface area is 125 Å². The van der Waals surface area contributed by atoms with Crippen molar-refractivity contribution < 1.29 is 14.1 Å². The molecule has 0 radical (unpaired) electrons. The van der Waals surface area contributed by atoms with Crippen molar-refractivity contribution in [3.05, 3.63) is 62.9 Å². The number of nitro groups is 1. The molecule has 21 heavy (non-hydrogen) atoms. The number of methoxy groups -OCH3 is 1. The number of nitrogens with zero attached hydrogens (tertiary/aromatic N) is 1. The highest BCUT2D eigenvalue weighted by molar-refractivity contribution is 6.31. The highest BCUT2D eigenvalue weighted by atomic mass is 35.5. The van der Waals surface area contributed by atoms with Crippen LogP contribution in [0.5, 0.6) is 5.75 Å². The molecule has 0 amide bonds. The molecular formula is C14H12ClFN2O3. The van der Waals surface area contributed by atoms with Gasteiger partial charge < -0.3 is 10.1 Å². The summed E-state index contributed by atoms with van der Waals surface area (Å²) in [6.45, 7) is 0.311. The summed E-state index contributed by atoms with van der Waals surface area (Å²) in [7, 11) is 1.56. The summed E-state index contributed by atoms with van der Waals surface area (Å²) >= 11 is 5.56. The van der Waals surface area contributed by atoms with Crippen LogP contribution in [0.1, 0.15) is 5.56 Å². The molecule has 0 saturated carbocycles. The van der Waals surface area contributed by atoms with Gasteiger partial charge in [0, 0.05) is 18.7 Å². The summed E-state index contributed by atoms with van der Waals surface area (Å²) in [6.07, 6.45) is 0. The fraction of sp³-hybridized carbons (Fsp3) is 0.143. The van der Waals surface area contributed by atoms with Gasteiger partial charge in [-0.3, -0.25) is 10.1 Å². The lowest BCUT2D eigenvalue weighted by Crippen LogP contribution is -2.03. The second-order valence-electron chi connectivity index (χ2n) is 4.24. The molecule has 0 bridgehead atoms. The SMILES string of the molecule is COc1ccc(CNc2cc(F)c(Cl)cc2[N+](=O)[O-])cc1. The third-order valence-electron chi connectivity index (χ3n) is 2.88. The van der Waals surface area contributed by atoms with E-state index in [9.17, 15) is 14.5 Å². The molecule has 0 saturated heterocycles.